The molecule has 10 N–H and O–H groups in total. The smallest absolute Gasteiger partial charge is 0.227 e. The summed E-state index contributed by atoms with van der Waals surface area (Å²) in [6, 6.07) is 62.8. The second-order valence-corrected chi connectivity index (χ2v) is 38.4. The van der Waals surface area contributed by atoms with E-state index in [9.17, 15) is 25.5 Å². The van der Waals surface area contributed by atoms with E-state index in [2.05, 4.69) is 215 Å². The van der Waals surface area contributed by atoms with Crippen LogP contribution in [0.3, 0.4) is 0 Å². The summed E-state index contributed by atoms with van der Waals surface area (Å²) in [4.78, 5) is 82.1. The highest BCUT2D eigenvalue weighted by atomic mass is 16.3. The van der Waals surface area contributed by atoms with Gasteiger partial charge in [-0.05, 0) is 146 Å². The van der Waals surface area contributed by atoms with Gasteiger partial charge < -0.3 is 99.5 Å². The van der Waals surface area contributed by atoms with Crippen LogP contribution in [0.15, 0.2) is 214 Å². The predicted octanol–water partition coefficient (Wildman–Crippen LogP) is 19.2. The number of hydrogen-bond acceptors (Lipinski definition) is 30. The Balaban J connectivity index is 0.000000145. The molecule has 146 heavy (non-hydrogen) atoms. The molecule has 0 aliphatic heterocycles. The van der Waals surface area contributed by atoms with Gasteiger partial charge in [-0.1, -0.05) is 237 Å². The number of para-hydroxylation sites is 1. The van der Waals surface area contributed by atoms with Crippen molar-refractivity contribution in [2.24, 2.45) is 5.92 Å². The first-order chi connectivity index (χ1) is 71.1. The molecule has 5 atom stereocenters. The predicted molar refractivity (Wildman–Crippen MR) is 589 cm³/mol. The molecular formula is C111H150N30O5. The molecule has 2 aliphatic carbocycles. The van der Waals surface area contributed by atoms with Crippen molar-refractivity contribution in [3.63, 3.8) is 0 Å². The lowest BCUT2D eigenvalue weighted by Gasteiger charge is -2.25. The van der Waals surface area contributed by atoms with Gasteiger partial charge in [0.1, 0.15) is 0 Å². The van der Waals surface area contributed by atoms with E-state index in [1.165, 1.54) is 79.2 Å². The first-order valence-electron chi connectivity index (χ1n) is 52.1. The highest BCUT2D eigenvalue weighted by Gasteiger charge is 2.30. The standard InChI is InChI=1S/C25H30N6O.C24H34N6O.C22H30N6O.C21H30N6O.C19H26N6O/c1-3-21(17-32)27-25-28-23(30(4-2)15-19-11-7-5-8-12-19)22-24(29-25)31(18-26-22)16-20-13-9-6-10-14-20;1-4-29(14-18-10-6-5-7-11-18)22-21-23(30(16-25-21)19-12-8-9-13-19)28-24(27-22)26-20(15-31)17(2)3;1-3-17(14-29)24-22-25-20(27(2)13-16-9-5-4-6-10-16)19-21(26-22)28(15-23-19)18-11-7-8-12-18;1-5-17(13-28)23-21-24-19(18-20(25-21)27(14-22-18)15(3)4)26(6-2)12-16-10-8-7-9-11-16;1-5-14(11-26)21-19-22-17(24(4)15-9-7-6-8-10-15)16-18(23-19)25(12-20-16)13(2)3/h5-14,18,21,32H,3-4,15-17H2,1-2H3,(H,27,28,29);5-7,10-11,16-17,19-20,31H,4,8-9,12-15H2,1-3H3,(H,26,27,28);4-6,9-10,15,17-18,29H,3,7-8,11-14H2,1-2H3,(H,24,25,26);7-11,14-15,17,28H,5-6,12-13H2,1-4H3,(H,23,24,25);6-10,12-14,26H,5,11H2,1-4H3,(H,21,22,23)/t21-;20-;2*17-;14-/m10111/s1. The molecule has 2 aliphatic rings. The number of benzene rings is 6. The van der Waals surface area contributed by atoms with Crippen LogP contribution in [-0.4, -0.2) is 220 Å². The van der Waals surface area contributed by atoms with Crippen molar-refractivity contribution in [3.05, 3.63) is 241 Å². The van der Waals surface area contributed by atoms with Crippen LogP contribution < -0.4 is 51.1 Å². The highest BCUT2D eigenvalue weighted by molar-refractivity contribution is 5.90. The van der Waals surface area contributed by atoms with Crippen molar-refractivity contribution in [2.45, 2.75) is 254 Å². The van der Waals surface area contributed by atoms with Gasteiger partial charge in [-0.15, -0.1) is 0 Å². The molecule has 10 aromatic heterocycles. The quantitative estimate of drug-likeness (QED) is 0.0170. The molecule has 0 spiro atoms. The Morgan fingerprint density at radius 2 is 0.610 bits per heavy atom. The minimum atomic E-state index is -0.102. The zero-order valence-electron chi connectivity index (χ0n) is 87.6. The summed E-state index contributed by atoms with van der Waals surface area (Å²) in [7, 11) is 4.01. The maximum Gasteiger partial charge on any atom is 0.227 e. The number of aliphatic hydroxyl groups is 5. The van der Waals surface area contributed by atoms with Crippen LogP contribution in [0.5, 0.6) is 0 Å². The minimum absolute atomic E-state index is 0.0258. The topological polar surface area (TPSA) is 395 Å². The lowest BCUT2D eigenvalue weighted by Crippen LogP contribution is -2.31. The van der Waals surface area contributed by atoms with E-state index in [0.29, 0.717) is 48.4 Å². The number of anilines is 11. The second-order valence-electron chi connectivity index (χ2n) is 38.4. The summed E-state index contributed by atoms with van der Waals surface area (Å²) >= 11 is 0. The summed E-state index contributed by atoms with van der Waals surface area (Å²) in [6.07, 6.45) is 22.2. The first kappa shape index (κ1) is 108. The first-order valence-corrected chi connectivity index (χ1v) is 52.1. The molecule has 2 saturated carbocycles. The van der Waals surface area contributed by atoms with Gasteiger partial charge >= 0.3 is 0 Å². The molecule has 10 heterocycles. The molecule has 0 unspecified atom stereocenters. The van der Waals surface area contributed by atoms with Crippen molar-refractivity contribution < 1.29 is 25.5 Å². The van der Waals surface area contributed by atoms with Gasteiger partial charge in [0.2, 0.25) is 29.7 Å². The minimum Gasteiger partial charge on any atom is -0.394 e. The van der Waals surface area contributed by atoms with E-state index in [1.807, 2.05) is 186 Å². The number of aliphatic hydroxyl groups excluding tert-OH is 5. The third-order valence-electron chi connectivity index (χ3n) is 27.1. The Morgan fingerprint density at radius 1 is 0.315 bits per heavy atom. The van der Waals surface area contributed by atoms with Crippen molar-refractivity contribution >= 4 is 120 Å². The molecule has 2 fully saturated rings. The lowest BCUT2D eigenvalue weighted by atomic mass is 10.1. The second kappa shape index (κ2) is 53.1. The molecule has 6 aromatic carbocycles. The Hall–Kier alpha value is -14.1. The van der Waals surface area contributed by atoms with Gasteiger partial charge in [0.25, 0.3) is 0 Å². The van der Waals surface area contributed by atoms with Crippen LogP contribution in [-0.2, 0) is 32.7 Å². The van der Waals surface area contributed by atoms with Crippen LogP contribution in [0.4, 0.5) is 64.5 Å². The van der Waals surface area contributed by atoms with Crippen LogP contribution in [0.1, 0.15) is 219 Å². The van der Waals surface area contributed by atoms with Gasteiger partial charge in [-0.2, -0.15) is 49.8 Å². The zero-order valence-corrected chi connectivity index (χ0v) is 87.6. The Bertz CT molecular complexity index is 6620. The monoisotopic (exact) mass is 1980 g/mol. The van der Waals surface area contributed by atoms with Crippen molar-refractivity contribution in [1.82, 2.24) is 97.6 Å². The van der Waals surface area contributed by atoms with E-state index in [4.69, 9.17) is 59.8 Å². The van der Waals surface area contributed by atoms with E-state index in [1.54, 1.807) is 6.33 Å². The molecule has 35 nitrogen and oxygen atoms in total. The van der Waals surface area contributed by atoms with E-state index >= 15 is 0 Å². The lowest BCUT2D eigenvalue weighted by molar-refractivity contribution is 0.248. The fourth-order valence-corrected chi connectivity index (χ4v) is 18.1. The average Bonchev–Trinajstić information content (AvgIpc) is 1.62. The molecule has 0 saturated heterocycles. The number of nitrogens with zero attached hydrogens (tertiary/aromatic N) is 25. The van der Waals surface area contributed by atoms with E-state index in [0.717, 1.165) is 162 Å². The Morgan fingerprint density at radius 3 is 0.959 bits per heavy atom. The third kappa shape index (κ3) is 27.3. The zero-order chi connectivity index (χ0) is 103. The van der Waals surface area contributed by atoms with Gasteiger partial charge in [0.05, 0.1) is 101 Å². The number of fused-ring (bicyclic) bond motifs is 5. The average molecular weight is 1980 g/mol. The number of hydrogen-bond donors (Lipinski definition) is 10. The maximum atomic E-state index is 9.83. The number of aromatic nitrogens is 20. The fourth-order valence-electron chi connectivity index (χ4n) is 18.1. The van der Waals surface area contributed by atoms with Crippen LogP contribution >= 0.6 is 0 Å². The number of nitrogens with one attached hydrogen (secondary N) is 5. The summed E-state index contributed by atoms with van der Waals surface area (Å²) < 4.78 is 10.6. The molecular weight excluding hydrogens is 1830 g/mol. The van der Waals surface area contributed by atoms with Gasteiger partial charge in [-0.3, -0.25) is 0 Å². The normalized spacial score (nSPS) is 13.7. The summed E-state index contributed by atoms with van der Waals surface area (Å²) in [5.74, 6) is 6.90. The molecule has 0 bridgehead atoms. The SMILES string of the molecule is CCN(Cc1ccccc1)c1nc(N[C@@H](CO)C(C)C)nc2c1ncn2C1CCCC1.CC[C@H](CO)Nc1nc(N(C)Cc2ccccc2)c2ncn(C3CCCC3)c2n1.CC[C@H](CO)Nc1nc(N(C)c2ccccc2)c2ncn(C(C)C)c2n1.CC[C@H](CO)Nc1nc(N(CC)Cc2ccccc2)c2ncn(C(C)C)c2n1.CC[C@H](CO)Nc1nc(N(CC)Cc2ccccc2)c2ncn(Cc3ccccc3)c2n1. The van der Waals surface area contributed by atoms with Crippen LogP contribution in [0.25, 0.3) is 55.8 Å². The Kier molecular flexibility index (Phi) is 39.1. The molecule has 774 valence electrons. The molecule has 18 rings (SSSR count). The maximum absolute atomic E-state index is 9.83. The van der Waals surface area contributed by atoms with Crippen molar-refractivity contribution in [2.75, 3.05) is 118 Å². The van der Waals surface area contributed by atoms with Crippen molar-refractivity contribution in [3.8, 4) is 0 Å². The van der Waals surface area contributed by atoms with E-state index < -0.39 is 0 Å². The largest absolute Gasteiger partial charge is 0.394 e. The summed E-state index contributed by atoms with van der Waals surface area (Å²) in [5.41, 5.74) is 15.2. The van der Waals surface area contributed by atoms with E-state index in [-0.39, 0.29) is 81.2 Å². The molecule has 0 amide bonds. The highest BCUT2D eigenvalue weighted by Crippen LogP contribution is 2.39. The van der Waals surface area contributed by atoms with Gasteiger partial charge in [-0.25, -0.2) is 24.9 Å². The Labute approximate surface area is 858 Å². The molecule has 35 heteroatoms. The number of rotatable bonds is 43. The van der Waals surface area contributed by atoms with Gasteiger partial charge in [0.15, 0.2) is 84.9 Å². The molecule has 0 radical (unpaired) electrons. The third-order valence-corrected chi connectivity index (χ3v) is 27.1. The van der Waals surface area contributed by atoms with Crippen molar-refractivity contribution in [1.29, 1.82) is 0 Å². The van der Waals surface area contributed by atoms with Crippen LogP contribution in [0, 0.1) is 5.92 Å². The summed E-state index contributed by atoms with van der Waals surface area (Å²) in [5, 5.41) is 64.7. The fraction of sp³-hybridized carbons (Fsp3) is 0.450. The van der Waals surface area contributed by atoms with Gasteiger partial charge in [0, 0.05) is 89.8 Å². The molecule has 16 aromatic rings. The number of imidazole rings is 5. The summed E-state index contributed by atoms with van der Waals surface area (Å²) in [6.45, 7) is 33.3. The van der Waals surface area contributed by atoms with Crippen LogP contribution in [0.2, 0.25) is 0 Å².